The molecule has 2 rings (SSSR count). The predicted octanol–water partition coefficient (Wildman–Crippen LogP) is 3.48. The standard InChI is InChI=1S/C14H12F4N2/c15-12-6-10(7-20-8-12)13(19)5-9-2-1-3-11(4-9)14(16,17)18/h1-4,6-8,13H,5,19H2. The van der Waals surface area contributed by atoms with Crippen molar-refractivity contribution < 1.29 is 17.6 Å². The van der Waals surface area contributed by atoms with Crippen LogP contribution in [0, 0.1) is 5.82 Å². The van der Waals surface area contributed by atoms with E-state index in [2.05, 4.69) is 4.98 Å². The van der Waals surface area contributed by atoms with Gasteiger partial charge < -0.3 is 5.73 Å². The second-order valence-corrected chi connectivity index (χ2v) is 4.45. The highest BCUT2D eigenvalue weighted by Crippen LogP contribution is 2.30. The second-order valence-electron chi connectivity index (χ2n) is 4.45. The first-order chi connectivity index (χ1) is 9.36. The predicted molar refractivity (Wildman–Crippen MR) is 66.3 cm³/mol. The average Bonchev–Trinajstić information content (AvgIpc) is 2.38. The Morgan fingerprint density at radius 1 is 1.15 bits per heavy atom. The van der Waals surface area contributed by atoms with Gasteiger partial charge in [-0.2, -0.15) is 13.2 Å². The number of halogens is 4. The molecular formula is C14H12F4N2. The van der Waals surface area contributed by atoms with E-state index in [1.807, 2.05) is 0 Å². The van der Waals surface area contributed by atoms with Gasteiger partial charge in [0.15, 0.2) is 0 Å². The van der Waals surface area contributed by atoms with Gasteiger partial charge in [0.25, 0.3) is 0 Å². The van der Waals surface area contributed by atoms with Crippen LogP contribution in [0.1, 0.15) is 22.7 Å². The first-order valence-electron chi connectivity index (χ1n) is 5.88. The number of hydrogen-bond donors (Lipinski definition) is 1. The van der Waals surface area contributed by atoms with Crippen LogP contribution >= 0.6 is 0 Å². The van der Waals surface area contributed by atoms with E-state index in [9.17, 15) is 17.6 Å². The van der Waals surface area contributed by atoms with Crippen LogP contribution in [0.25, 0.3) is 0 Å². The molecule has 1 unspecified atom stereocenters. The lowest BCUT2D eigenvalue weighted by atomic mass is 9.99. The maximum atomic E-state index is 13.0. The molecule has 0 aliphatic heterocycles. The fraction of sp³-hybridized carbons (Fsp3) is 0.214. The third-order valence-electron chi connectivity index (χ3n) is 2.86. The third-order valence-corrected chi connectivity index (χ3v) is 2.86. The van der Waals surface area contributed by atoms with E-state index in [0.29, 0.717) is 11.1 Å². The largest absolute Gasteiger partial charge is 0.416 e. The molecule has 0 spiro atoms. The highest BCUT2D eigenvalue weighted by Gasteiger charge is 2.30. The number of hydrogen-bond acceptors (Lipinski definition) is 2. The van der Waals surface area contributed by atoms with E-state index >= 15 is 0 Å². The fourth-order valence-corrected chi connectivity index (χ4v) is 1.88. The molecule has 0 aliphatic carbocycles. The van der Waals surface area contributed by atoms with Crippen molar-refractivity contribution in [1.29, 1.82) is 0 Å². The van der Waals surface area contributed by atoms with Crippen molar-refractivity contribution in [1.82, 2.24) is 4.98 Å². The Labute approximate surface area is 113 Å². The van der Waals surface area contributed by atoms with E-state index < -0.39 is 23.6 Å². The molecular weight excluding hydrogens is 272 g/mol. The summed E-state index contributed by atoms with van der Waals surface area (Å²) in [5.41, 5.74) is 6.03. The van der Waals surface area contributed by atoms with Crippen LogP contribution in [0.3, 0.4) is 0 Å². The van der Waals surface area contributed by atoms with E-state index in [1.165, 1.54) is 18.3 Å². The van der Waals surface area contributed by atoms with Gasteiger partial charge in [-0.25, -0.2) is 4.39 Å². The summed E-state index contributed by atoms with van der Waals surface area (Å²) >= 11 is 0. The minimum absolute atomic E-state index is 0.176. The Bertz CT molecular complexity index is 596. The Hall–Kier alpha value is -1.95. The molecule has 0 aliphatic rings. The maximum Gasteiger partial charge on any atom is 0.416 e. The van der Waals surface area contributed by atoms with Crippen molar-refractivity contribution in [2.75, 3.05) is 0 Å². The van der Waals surface area contributed by atoms with Gasteiger partial charge in [-0.1, -0.05) is 18.2 Å². The Morgan fingerprint density at radius 2 is 1.90 bits per heavy atom. The van der Waals surface area contributed by atoms with Crippen LogP contribution in [-0.2, 0) is 12.6 Å². The molecule has 2 N–H and O–H groups in total. The first-order valence-corrected chi connectivity index (χ1v) is 5.88. The third kappa shape index (κ3) is 3.54. The molecule has 0 saturated carbocycles. The first kappa shape index (κ1) is 14.5. The normalized spacial score (nSPS) is 13.2. The van der Waals surface area contributed by atoms with Gasteiger partial charge in [0, 0.05) is 12.2 Å². The number of rotatable bonds is 3. The van der Waals surface area contributed by atoms with E-state index in [-0.39, 0.29) is 6.42 Å². The molecule has 0 amide bonds. The molecule has 0 fully saturated rings. The van der Waals surface area contributed by atoms with Crippen LogP contribution < -0.4 is 5.73 Å². The van der Waals surface area contributed by atoms with Crippen LogP contribution in [0.5, 0.6) is 0 Å². The zero-order chi connectivity index (χ0) is 14.8. The Morgan fingerprint density at radius 3 is 2.55 bits per heavy atom. The quantitative estimate of drug-likeness (QED) is 0.876. The monoisotopic (exact) mass is 284 g/mol. The number of nitrogens with zero attached hydrogens (tertiary/aromatic N) is 1. The number of nitrogens with two attached hydrogens (primary N) is 1. The van der Waals surface area contributed by atoms with Crippen molar-refractivity contribution in [3.63, 3.8) is 0 Å². The fourth-order valence-electron chi connectivity index (χ4n) is 1.88. The Balaban J connectivity index is 2.18. The summed E-state index contributed by atoms with van der Waals surface area (Å²) in [5.74, 6) is -0.526. The lowest BCUT2D eigenvalue weighted by Gasteiger charge is -2.13. The second kappa shape index (κ2) is 5.58. The molecule has 106 valence electrons. The summed E-state index contributed by atoms with van der Waals surface area (Å²) in [7, 11) is 0. The topological polar surface area (TPSA) is 38.9 Å². The van der Waals surface area contributed by atoms with Gasteiger partial charge in [0.1, 0.15) is 5.82 Å². The number of alkyl halides is 3. The number of benzene rings is 1. The van der Waals surface area contributed by atoms with Crippen LogP contribution in [0.15, 0.2) is 42.7 Å². The molecule has 1 aromatic carbocycles. The molecule has 2 aromatic rings. The molecule has 1 atom stereocenters. The summed E-state index contributed by atoms with van der Waals surface area (Å²) in [4.78, 5) is 3.67. The van der Waals surface area contributed by atoms with Crippen molar-refractivity contribution in [3.8, 4) is 0 Å². The summed E-state index contributed by atoms with van der Waals surface area (Å²) in [6.07, 6.45) is -1.77. The van der Waals surface area contributed by atoms with Crippen molar-refractivity contribution in [3.05, 3.63) is 65.2 Å². The van der Waals surface area contributed by atoms with Gasteiger partial charge in [-0.15, -0.1) is 0 Å². The number of aromatic nitrogens is 1. The summed E-state index contributed by atoms with van der Waals surface area (Å²) in [6.45, 7) is 0. The van der Waals surface area contributed by atoms with E-state index in [4.69, 9.17) is 5.73 Å². The molecule has 0 saturated heterocycles. The van der Waals surface area contributed by atoms with Crippen molar-refractivity contribution in [2.45, 2.75) is 18.6 Å². The van der Waals surface area contributed by atoms with Crippen LogP contribution in [0.2, 0.25) is 0 Å². The SMILES string of the molecule is NC(Cc1cccc(C(F)(F)F)c1)c1cncc(F)c1. The Kier molecular flexibility index (Phi) is 4.04. The average molecular weight is 284 g/mol. The molecule has 6 heteroatoms. The van der Waals surface area contributed by atoms with Gasteiger partial charge in [-0.3, -0.25) is 4.98 Å². The highest BCUT2D eigenvalue weighted by atomic mass is 19.4. The zero-order valence-corrected chi connectivity index (χ0v) is 10.4. The summed E-state index contributed by atoms with van der Waals surface area (Å²) in [5, 5.41) is 0. The maximum absolute atomic E-state index is 13.0. The molecule has 1 heterocycles. The van der Waals surface area contributed by atoms with Gasteiger partial charge in [0.2, 0.25) is 0 Å². The molecule has 0 bridgehead atoms. The van der Waals surface area contributed by atoms with E-state index in [1.54, 1.807) is 6.07 Å². The smallest absolute Gasteiger partial charge is 0.324 e. The summed E-state index contributed by atoms with van der Waals surface area (Å²) < 4.78 is 50.8. The van der Waals surface area contributed by atoms with Gasteiger partial charge in [0.05, 0.1) is 11.8 Å². The van der Waals surface area contributed by atoms with Crippen molar-refractivity contribution >= 4 is 0 Å². The molecule has 2 nitrogen and oxygen atoms in total. The minimum atomic E-state index is -4.39. The van der Waals surface area contributed by atoms with Crippen LogP contribution in [-0.4, -0.2) is 4.98 Å². The number of pyridine rings is 1. The molecule has 0 radical (unpaired) electrons. The lowest BCUT2D eigenvalue weighted by Crippen LogP contribution is -2.14. The minimum Gasteiger partial charge on any atom is -0.324 e. The van der Waals surface area contributed by atoms with Crippen LogP contribution in [0.4, 0.5) is 17.6 Å². The summed E-state index contributed by atoms with van der Waals surface area (Å²) in [6, 6.07) is 5.55. The van der Waals surface area contributed by atoms with Crippen molar-refractivity contribution in [2.24, 2.45) is 5.73 Å². The molecule has 1 aromatic heterocycles. The molecule has 20 heavy (non-hydrogen) atoms. The zero-order valence-electron chi connectivity index (χ0n) is 10.4. The van der Waals surface area contributed by atoms with Gasteiger partial charge >= 0.3 is 6.18 Å². The van der Waals surface area contributed by atoms with Gasteiger partial charge in [-0.05, 0) is 29.7 Å². The van der Waals surface area contributed by atoms with E-state index in [0.717, 1.165) is 18.3 Å². The lowest BCUT2D eigenvalue weighted by molar-refractivity contribution is -0.137. The highest BCUT2D eigenvalue weighted by molar-refractivity contribution is 5.28.